The molecule has 0 bridgehead atoms. The van der Waals surface area contributed by atoms with Gasteiger partial charge in [-0.25, -0.2) is 9.37 Å². The molecular formula is C26H21FN2O2. The number of ether oxygens (including phenoxy) is 2. The molecule has 5 aromatic rings. The summed E-state index contributed by atoms with van der Waals surface area (Å²) in [5.41, 5.74) is 3.62. The quantitative estimate of drug-likeness (QED) is 0.355. The highest BCUT2D eigenvalue weighted by Gasteiger charge is 2.13. The highest BCUT2D eigenvalue weighted by molar-refractivity contribution is 6.07. The monoisotopic (exact) mass is 412 g/mol. The average molecular weight is 412 g/mol. The molecule has 0 aliphatic carbocycles. The fourth-order valence-corrected chi connectivity index (χ4v) is 3.70. The molecule has 0 saturated carbocycles. The van der Waals surface area contributed by atoms with Gasteiger partial charge < -0.3 is 14.5 Å². The molecule has 0 aliphatic rings. The van der Waals surface area contributed by atoms with Crippen molar-refractivity contribution >= 4 is 21.8 Å². The molecule has 0 amide bonds. The summed E-state index contributed by atoms with van der Waals surface area (Å²) in [6, 6.07) is 24.6. The average Bonchev–Trinajstić information content (AvgIpc) is 3.21. The first-order valence-electron chi connectivity index (χ1n) is 10.1. The second-order valence-corrected chi connectivity index (χ2v) is 7.47. The van der Waals surface area contributed by atoms with Crippen LogP contribution >= 0.6 is 0 Å². The van der Waals surface area contributed by atoms with Crippen LogP contribution in [0, 0.1) is 12.7 Å². The molecule has 4 aromatic carbocycles. The number of halogens is 1. The topological polar surface area (TPSA) is 47.1 Å². The van der Waals surface area contributed by atoms with Crippen molar-refractivity contribution in [2.45, 2.75) is 20.1 Å². The Morgan fingerprint density at radius 2 is 1.55 bits per heavy atom. The number of nitrogens with one attached hydrogen (secondary N) is 1. The van der Waals surface area contributed by atoms with E-state index < -0.39 is 0 Å². The van der Waals surface area contributed by atoms with Crippen LogP contribution in [0.3, 0.4) is 0 Å². The van der Waals surface area contributed by atoms with Crippen molar-refractivity contribution in [1.29, 1.82) is 0 Å². The Morgan fingerprint density at radius 3 is 2.35 bits per heavy atom. The normalized spacial score (nSPS) is 11.2. The Bertz CT molecular complexity index is 1360. The number of rotatable bonds is 6. The third-order valence-corrected chi connectivity index (χ3v) is 5.24. The minimum atomic E-state index is -0.275. The van der Waals surface area contributed by atoms with Crippen molar-refractivity contribution in [1.82, 2.24) is 9.97 Å². The molecule has 0 atom stereocenters. The Morgan fingerprint density at radius 1 is 0.806 bits per heavy atom. The minimum absolute atomic E-state index is 0.260. The number of fused-ring (bicyclic) bond motifs is 3. The van der Waals surface area contributed by atoms with Gasteiger partial charge in [-0.05, 0) is 36.2 Å². The van der Waals surface area contributed by atoms with Gasteiger partial charge in [0.1, 0.15) is 36.4 Å². The summed E-state index contributed by atoms with van der Waals surface area (Å²) in [6.45, 7) is 2.57. The highest BCUT2D eigenvalue weighted by Crippen LogP contribution is 2.33. The van der Waals surface area contributed by atoms with Gasteiger partial charge in [-0.1, -0.05) is 54.6 Å². The highest BCUT2D eigenvalue weighted by atomic mass is 19.1. The van der Waals surface area contributed by atoms with Crippen molar-refractivity contribution < 1.29 is 13.9 Å². The van der Waals surface area contributed by atoms with Gasteiger partial charge in [-0.3, -0.25) is 0 Å². The second-order valence-electron chi connectivity index (χ2n) is 7.47. The van der Waals surface area contributed by atoms with Crippen LogP contribution in [0.15, 0.2) is 78.9 Å². The summed E-state index contributed by atoms with van der Waals surface area (Å²) in [5, 5.41) is 2.03. The van der Waals surface area contributed by atoms with Crippen LogP contribution in [0.5, 0.6) is 11.5 Å². The molecule has 5 rings (SSSR count). The summed E-state index contributed by atoms with van der Waals surface area (Å²) < 4.78 is 25.3. The number of hydrogen-bond acceptors (Lipinski definition) is 3. The molecule has 0 saturated heterocycles. The van der Waals surface area contributed by atoms with E-state index in [4.69, 9.17) is 14.5 Å². The number of nitrogens with zero attached hydrogens (tertiary/aromatic N) is 1. The molecule has 31 heavy (non-hydrogen) atoms. The SMILES string of the molecule is Cc1cc(F)ccc1OCc1nc2c(cc(OCc3ccccc3)c3ccccc32)[nH]1. The van der Waals surface area contributed by atoms with E-state index in [2.05, 4.69) is 4.98 Å². The van der Waals surface area contributed by atoms with E-state index in [9.17, 15) is 4.39 Å². The van der Waals surface area contributed by atoms with Gasteiger partial charge in [-0.15, -0.1) is 0 Å². The van der Waals surface area contributed by atoms with Crippen molar-refractivity contribution in [3.63, 3.8) is 0 Å². The zero-order valence-corrected chi connectivity index (χ0v) is 17.1. The molecule has 0 aliphatic heterocycles. The smallest absolute Gasteiger partial charge is 0.146 e. The third kappa shape index (κ3) is 3.94. The Kier molecular flexibility index (Phi) is 5.00. The maximum Gasteiger partial charge on any atom is 0.146 e. The summed E-state index contributed by atoms with van der Waals surface area (Å²) in [5.74, 6) is 1.86. The first-order chi connectivity index (χ1) is 15.2. The summed E-state index contributed by atoms with van der Waals surface area (Å²) in [4.78, 5) is 8.09. The number of imidazole rings is 1. The maximum absolute atomic E-state index is 13.3. The van der Waals surface area contributed by atoms with Crippen LogP contribution in [-0.4, -0.2) is 9.97 Å². The van der Waals surface area contributed by atoms with Crippen LogP contribution in [0.2, 0.25) is 0 Å². The number of hydrogen-bond donors (Lipinski definition) is 1. The van der Waals surface area contributed by atoms with Crippen LogP contribution in [-0.2, 0) is 13.2 Å². The fourth-order valence-electron chi connectivity index (χ4n) is 3.70. The molecule has 1 heterocycles. The molecule has 0 spiro atoms. The van der Waals surface area contributed by atoms with Crippen LogP contribution in [0.4, 0.5) is 4.39 Å². The number of H-pyrrole nitrogens is 1. The standard InChI is InChI=1S/C26H21FN2O2/c1-17-13-19(27)11-12-23(17)31-16-25-28-22-14-24(30-15-18-7-3-2-4-8-18)20-9-5-6-10-21(20)26(22)29-25/h2-14H,15-16H2,1H3,(H,28,29). The third-order valence-electron chi connectivity index (χ3n) is 5.24. The number of aryl methyl sites for hydroxylation is 1. The molecule has 5 heteroatoms. The summed E-state index contributed by atoms with van der Waals surface area (Å²) in [6.07, 6.45) is 0. The van der Waals surface area contributed by atoms with Gasteiger partial charge in [0.05, 0.1) is 11.0 Å². The lowest BCUT2D eigenvalue weighted by Gasteiger charge is -2.10. The molecule has 1 N–H and O–H groups in total. The van der Waals surface area contributed by atoms with Gasteiger partial charge in [0.15, 0.2) is 0 Å². The first-order valence-corrected chi connectivity index (χ1v) is 10.1. The van der Waals surface area contributed by atoms with Crippen LogP contribution in [0.25, 0.3) is 21.8 Å². The van der Waals surface area contributed by atoms with Gasteiger partial charge in [-0.2, -0.15) is 0 Å². The van der Waals surface area contributed by atoms with Gasteiger partial charge in [0.25, 0.3) is 0 Å². The largest absolute Gasteiger partial charge is 0.488 e. The zero-order valence-electron chi connectivity index (χ0n) is 17.1. The van der Waals surface area contributed by atoms with Crippen molar-refractivity contribution in [3.8, 4) is 11.5 Å². The Labute approximate surface area is 179 Å². The molecule has 154 valence electrons. The maximum atomic E-state index is 13.3. The molecule has 0 radical (unpaired) electrons. The molecule has 0 fully saturated rings. The molecule has 0 unspecified atom stereocenters. The van der Waals surface area contributed by atoms with E-state index in [-0.39, 0.29) is 12.4 Å². The second kappa shape index (κ2) is 8.11. The summed E-state index contributed by atoms with van der Waals surface area (Å²) in [7, 11) is 0. The van der Waals surface area contributed by atoms with E-state index in [1.54, 1.807) is 6.07 Å². The number of benzene rings is 4. The van der Waals surface area contributed by atoms with Gasteiger partial charge >= 0.3 is 0 Å². The molecule has 1 aromatic heterocycles. The van der Waals surface area contributed by atoms with E-state index in [0.29, 0.717) is 18.2 Å². The fraction of sp³-hybridized carbons (Fsp3) is 0.115. The van der Waals surface area contributed by atoms with E-state index in [1.165, 1.54) is 12.1 Å². The zero-order chi connectivity index (χ0) is 21.2. The van der Waals surface area contributed by atoms with E-state index in [1.807, 2.05) is 67.6 Å². The predicted molar refractivity (Wildman–Crippen MR) is 120 cm³/mol. The van der Waals surface area contributed by atoms with E-state index in [0.717, 1.165) is 38.7 Å². The van der Waals surface area contributed by atoms with E-state index >= 15 is 0 Å². The van der Waals surface area contributed by atoms with Crippen molar-refractivity contribution in [2.75, 3.05) is 0 Å². The summed E-state index contributed by atoms with van der Waals surface area (Å²) >= 11 is 0. The van der Waals surface area contributed by atoms with Crippen LogP contribution < -0.4 is 9.47 Å². The molecular weight excluding hydrogens is 391 g/mol. The van der Waals surface area contributed by atoms with Crippen LogP contribution in [0.1, 0.15) is 17.0 Å². The minimum Gasteiger partial charge on any atom is -0.488 e. The lowest BCUT2D eigenvalue weighted by molar-refractivity contribution is 0.295. The molecule has 4 nitrogen and oxygen atoms in total. The lowest BCUT2D eigenvalue weighted by atomic mass is 10.1. The first kappa shape index (κ1) is 19.1. The van der Waals surface area contributed by atoms with Crippen molar-refractivity contribution in [3.05, 3.63) is 102 Å². The number of aromatic nitrogens is 2. The number of aromatic amines is 1. The van der Waals surface area contributed by atoms with Gasteiger partial charge in [0, 0.05) is 16.8 Å². The Hall–Kier alpha value is -3.86. The van der Waals surface area contributed by atoms with Crippen molar-refractivity contribution in [2.24, 2.45) is 0 Å². The Balaban J connectivity index is 1.45. The lowest BCUT2D eigenvalue weighted by Crippen LogP contribution is -1.99. The van der Waals surface area contributed by atoms with Gasteiger partial charge in [0.2, 0.25) is 0 Å². The predicted octanol–water partition coefficient (Wildman–Crippen LogP) is 6.32.